The maximum absolute atomic E-state index is 14.2. The minimum atomic E-state index is -0.217. The molecule has 1 N–H and O–H groups in total. The van der Waals surface area contributed by atoms with Crippen molar-refractivity contribution in [2.75, 3.05) is 18.1 Å². The third-order valence-corrected chi connectivity index (χ3v) is 3.75. The minimum Gasteiger partial charge on any atom is -0.385 e. The molecular weight excluding hydrogens is 265 g/mol. The lowest BCUT2D eigenvalue weighted by atomic mass is 10.2. The number of hydrogen-bond donors (Lipinski definition) is 1. The second kappa shape index (κ2) is 5.64. The van der Waals surface area contributed by atoms with Gasteiger partial charge in [0.05, 0.1) is 11.2 Å². The van der Waals surface area contributed by atoms with Crippen LogP contribution in [0.25, 0.3) is 10.9 Å². The van der Waals surface area contributed by atoms with E-state index in [0.717, 1.165) is 18.5 Å². The molecular formula is C17H20FN3. The summed E-state index contributed by atoms with van der Waals surface area (Å²) in [5.74, 6) is -0.217. The lowest BCUT2D eigenvalue weighted by molar-refractivity contribution is 0.573. The van der Waals surface area contributed by atoms with Gasteiger partial charge in [0, 0.05) is 30.9 Å². The summed E-state index contributed by atoms with van der Waals surface area (Å²) < 4.78 is 16.3. The van der Waals surface area contributed by atoms with Crippen molar-refractivity contribution >= 4 is 10.9 Å². The Balaban J connectivity index is 2.12. The maximum Gasteiger partial charge on any atom is 0.163 e. The molecule has 0 amide bonds. The van der Waals surface area contributed by atoms with Crippen LogP contribution in [0.4, 0.5) is 4.39 Å². The number of benzene rings is 1. The molecule has 110 valence electrons. The zero-order valence-corrected chi connectivity index (χ0v) is 12.4. The molecule has 3 rings (SSSR count). The van der Waals surface area contributed by atoms with Crippen LogP contribution >= 0.6 is 0 Å². The average Bonchev–Trinajstić information content (AvgIpc) is 2.83. The smallest absolute Gasteiger partial charge is 0.163 e. The van der Waals surface area contributed by atoms with Gasteiger partial charge < -0.3 is 5.32 Å². The Morgan fingerprint density at radius 3 is 2.90 bits per heavy atom. The van der Waals surface area contributed by atoms with Crippen LogP contribution in [0, 0.1) is 6.92 Å². The standard InChI is InChI=1S/C17H20FN3/c1-3-10-20(17-8-9-19-11-15(17)18)21-12-13(2)14-6-4-5-7-16(14)21/h4-8,11-12,19H,3,9-10H2,1-2H3. The van der Waals surface area contributed by atoms with E-state index in [4.69, 9.17) is 0 Å². The predicted molar refractivity (Wildman–Crippen MR) is 85.3 cm³/mol. The molecule has 0 spiro atoms. The molecule has 1 aromatic carbocycles. The van der Waals surface area contributed by atoms with E-state index in [0.29, 0.717) is 12.2 Å². The van der Waals surface area contributed by atoms with Gasteiger partial charge >= 0.3 is 0 Å². The summed E-state index contributed by atoms with van der Waals surface area (Å²) in [7, 11) is 0. The minimum absolute atomic E-state index is 0.217. The van der Waals surface area contributed by atoms with E-state index in [1.807, 2.05) is 23.2 Å². The Hall–Kier alpha value is -2.23. The fourth-order valence-corrected chi connectivity index (χ4v) is 2.79. The Bertz CT molecular complexity index is 712. The third kappa shape index (κ3) is 2.42. The fraction of sp³-hybridized carbons (Fsp3) is 0.294. The molecule has 3 nitrogen and oxygen atoms in total. The van der Waals surface area contributed by atoms with Gasteiger partial charge in [-0.3, -0.25) is 9.69 Å². The summed E-state index contributed by atoms with van der Waals surface area (Å²) in [5.41, 5.74) is 2.94. The molecule has 0 fully saturated rings. The van der Waals surface area contributed by atoms with Crippen LogP contribution < -0.4 is 10.3 Å². The highest BCUT2D eigenvalue weighted by molar-refractivity contribution is 5.84. The first kappa shape index (κ1) is 13.7. The zero-order valence-electron chi connectivity index (χ0n) is 12.4. The molecule has 1 aromatic heterocycles. The second-order valence-corrected chi connectivity index (χ2v) is 5.29. The van der Waals surface area contributed by atoms with Gasteiger partial charge in [0.25, 0.3) is 0 Å². The molecule has 2 aromatic rings. The van der Waals surface area contributed by atoms with E-state index in [1.165, 1.54) is 17.1 Å². The molecule has 21 heavy (non-hydrogen) atoms. The summed E-state index contributed by atoms with van der Waals surface area (Å²) in [6.07, 6.45) is 6.37. The number of nitrogens with zero attached hydrogens (tertiary/aromatic N) is 2. The largest absolute Gasteiger partial charge is 0.385 e. The SMILES string of the molecule is CCCN(C1=CCNC=C1F)n1cc(C)c2ccccc21. The molecule has 4 heteroatoms. The van der Waals surface area contributed by atoms with Crippen LogP contribution in [-0.4, -0.2) is 17.8 Å². The topological polar surface area (TPSA) is 20.2 Å². The summed E-state index contributed by atoms with van der Waals surface area (Å²) >= 11 is 0. The lowest BCUT2D eigenvalue weighted by Crippen LogP contribution is -2.36. The number of dihydropyridines is 1. The summed E-state index contributed by atoms with van der Waals surface area (Å²) in [4.78, 5) is 0. The van der Waals surface area contributed by atoms with Crippen molar-refractivity contribution in [3.8, 4) is 0 Å². The van der Waals surface area contributed by atoms with Gasteiger partial charge in [-0.15, -0.1) is 0 Å². The number of nitrogens with one attached hydrogen (secondary N) is 1. The Kier molecular flexibility index (Phi) is 3.69. The summed E-state index contributed by atoms with van der Waals surface area (Å²) in [6.45, 7) is 5.62. The average molecular weight is 285 g/mol. The van der Waals surface area contributed by atoms with Gasteiger partial charge in [0.15, 0.2) is 5.83 Å². The summed E-state index contributed by atoms with van der Waals surface area (Å²) in [5, 5.41) is 6.13. The molecule has 0 saturated carbocycles. The summed E-state index contributed by atoms with van der Waals surface area (Å²) in [6, 6.07) is 8.24. The number of para-hydroxylation sites is 1. The predicted octanol–water partition coefficient (Wildman–Crippen LogP) is 3.60. The number of halogens is 1. The number of fused-ring (bicyclic) bond motifs is 1. The number of allylic oxidation sites excluding steroid dienone is 1. The second-order valence-electron chi connectivity index (χ2n) is 5.29. The zero-order chi connectivity index (χ0) is 14.8. The highest BCUT2D eigenvalue weighted by Crippen LogP contribution is 2.25. The van der Waals surface area contributed by atoms with E-state index in [-0.39, 0.29) is 5.83 Å². The van der Waals surface area contributed by atoms with Crippen LogP contribution in [0.1, 0.15) is 18.9 Å². The first-order chi connectivity index (χ1) is 10.2. The lowest BCUT2D eigenvalue weighted by Gasteiger charge is -2.29. The van der Waals surface area contributed by atoms with Crippen molar-refractivity contribution in [2.45, 2.75) is 20.3 Å². The van der Waals surface area contributed by atoms with E-state index in [2.05, 4.69) is 42.2 Å². The number of rotatable bonds is 4. The van der Waals surface area contributed by atoms with Gasteiger partial charge in [0.2, 0.25) is 0 Å². The number of aryl methyl sites for hydroxylation is 1. The van der Waals surface area contributed by atoms with Crippen LogP contribution in [0.3, 0.4) is 0 Å². The van der Waals surface area contributed by atoms with Gasteiger partial charge in [0.1, 0.15) is 0 Å². The van der Waals surface area contributed by atoms with Crippen molar-refractivity contribution in [3.63, 3.8) is 0 Å². The van der Waals surface area contributed by atoms with E-state index in [9.17, 15) is 4.39 Å². The molecule has 0 saturated heterocycles. The Morgan fingerprint density at radius 2 is 2.14 bits per heavy atom. The monoisotopic (exact) mass is 285 g/mol. The van der Waals surface area contributed by atoms with Gasteiger partial charge in [-0.25, -0.2) is 4.39 Å². The Labute approximate surface area is 124 Å². The van der Waals surface area contributed by atoms with E-state index < -0.39 is 0 Å². The van der Waals surface area contributed by atoms with E-state index >= 15 is 0 Å². The van der Waals surface area contributed by atoms with Crippen LogP contribution in [-0.2, 0) is 0 Å². The van der Waals surface area contributed by atoms with Crippen molar-refractivity contribution in [1.29, 1.82) is 0 Å². The number of hydrogen-bond acceptors (Lipinski definition) is 2. The molecule has 1 aliphatic rings. The quantitative estimate of drug-likeness (QED) is 0.926. The highest BCUT2D eigenvalue weighted by Gasteiger charge is 2.19. The molecule has 2 heterocycles. The molecule has 1 aliphatic heterocycles. The van der Waals surface area contributed by atoms with Crippen molar-refractivity contribution in [1.82, 2.24) is 9.99 Å². The first-order valence-corrected chi connectivity index (χ1v) is 7.36. The molecule has 0 aliphatic carbocycles. The maximum atomic E-state index is 14.2. The van der Waals surface area contributed by atoms with E-state index in [1.54, 1.807) is 0 Å². The molecule has 0 atom stereocenters. The van der Waals surface area contributed by atoms with Crippen LogP contribution in [0.2, 0.25) is 0 Å². The van der Waals surface area contributed by atoms with Crippen LogP contribution in [0.5, 0.6) is 0 Å². The first-order valence-electron chi connectivity index (χ1n) is 7.36. The molecule has 0 radical (unpaired) electrons. The van der Waals surface area contributed by atoms with Gasteiger partial charge in [-0.05, 0) is 31.1 Å². The van der Waals surface area contributed by atoms with Gasteiger partial charge in [-0.1, -0.05) is 25.1 Å². The fourth-order valence-electron chi connectivity index (χ4n) is 2.79. The van der Waals surface area contributed by atoms with Crippen molar-refractivity contribution in [3.05, 3.63) is 59.8 Å². The third-order valence-electron chi connectivity index (χ3n) is 3.75. The van der Waals surface area contributed by atoms with Crippen molar-refractivity contribution < 1.29 is 4.39 Å². The molecule has 0 unspecified atom stereocenters. The highest BCUT2D eigenvalue weighted by atomic mass is 19.1. The van der Waals surface area contributed by atoms with Crippen molar-refractivity contribution in [2.24, 2.45) is 0 Å². The van der Waals surface area contributed by atoms with Crippen LogP contribution in [0.15, 0.2) is 54.3 Å². The normalized spacial score (nSPS) is 14.6. The Morgan fingerprint density at radius 1 is 1.33 bits per heavy atom. The molecule has 0 bridgehead atoms. The van der Waals surface area contributed by atoms with Gasteiger partial charge in [-0.2, -0.15) is 0 Å². The number of aromatic nitrogens is 1.